The number of para-hydroxylation sites is 1. The van der Waals surface area contributed by atoms with Crippen molar-refractivity contribution < 1.29 is 14.0 Å². The van der Waals surface area contributed by atoms with Gasteiger partial charge in [0.2, 0.25) is 5.91 Å². The monoisotopic (exact) mass is 392 g/mol. The molecule has 1 heterocycles. The highest BCUT2D eigenvalue weighted by atomic mass is 16.3. The second-order valence-corrected chi connectivity index (χ2v) is 6.64. The van der Waals surface area contributed by atoms with E-state index in [1.54, 1.807) is 12.1 Å². The molecule has 29 heavy (non-hydrogen) atoms. The number of benzene rings is 2. The van der Waals surface area contributed by atoms with Crippen LogP contribution >= 0.6 is 0 Å². The average Bonchev–Trinajstić information content (AvgIpc) is 3.26. The SMILES string of the molecule is Cc1ccc(NC(=O)C(CN)C(NC(=O)c2ccco2)Nc2ccccc2)cc1. The number of anilines is 2. The molecule has 150 valence electrons. The third-order valence-corrected chi connectivity index (χ3v) is 4.44. The van der Waals surface area contributed by atoms with E-state index in [1.807, 2.05) is 61.5 Å². The van der Waals surface area contributed by atoms with Gasteiger partial charge in [0.25, 0.3) is 5.91 Å². The van der Waals surface area contributed by atoms with Gasteiger partial charge in [-0.05, 0) is 43.3 Å². The Morgan fingerprint density at radius 1 is 0.966 bits per heavy atom. The molecule has 7 nitrogen and oxygen atoms in total. The lowest BCUT2D eigenvalue weighted by Gasteiger charge is -2.28. The first-order valence-electron chi connectivity index (χ1n) is 9.30. The summed E-state index contributed by atoms with van der Waals surface area (Å²) in [6.07, 6.45) is 0.671. The Bertz CT molecular complexity index is 924. The Morgan fingerprint density at radius 2 is 1.69 bits per heavy atom. The smallest absolute Gasteiger partial charge is 0.288 e. The van der Waals surface area contributed by atoms with Crippen LogP contribution in [0.1, 0.15) is 16.1 Å². The molecule has 0 saturated carbocycles. The van der Waals surface area contributed by atoms with E-state index in [0.717, 1.165) is 11.3 Å². The van der Waals surface area contributed by atoms with Crippen molar-refractivity contribution >= 4 is 23.2 Å². The zero-order valence-corrected chi connectivity index (χ0v) is 16.1. The fourth-order valence-electron chi connectivity index (χ4n) is 2.84. The highest BCUT2D eigenvalue weighted by molar-refractivity contribution is 5.95. The topological polar surface area (TPSA) is 109 Å². The maximum absolute atomic E-state index is 12.9. The van der Waals surface area contributed by atoms with E-state index < -0.39 is 18.0 Å². The van der Waals surface area contributed by atoms with Crippen molar-refractivity contribution in [3.8, 4) is 0 Å². The maximum Gasteiger partial charge on any atom is 0.288 e. The van der Waals surface area contributed by atoms with E-state index in [9.17, 15) is 9.59 Å². The molecule has 0 saturated heterocycles. The number of hydrogen-bond donors (Lipinski definition) is 4. The van der Waals surface area contributed by atoms with Gasteiger partial charge in [-0.25, -0.2) is 0 Å². The Labute approximate surface area is 169 Å². The molecular formula is C22H24N4O3. The minimum atomic E-state index is -0.745. The van der Waals surface area contributed by atoms with Crippen molar-refractivity contribution in [1.29, 1.82) is 0 Å². The van der Waals surface area contributed by atoms with Crippen molar-refractivity contribution in [1.82, 2.24) is 5.32 Å². The molecule has 0 aliphatic carbocycles. The van der Waals surface area contributed by atoms with Crippen LogP contribution in [0.4, 0.5) is 11.4 Å². The predicted octanol–water partition coefficient (Wildman–Crippen LogP) is 2.97. The van der Waals surface area contributed by atoms with Crippen molar-refractivity contribution in [2.24, 2.45) is 11.7 Å². The number of aryl methyl sites for hydroxylation is 1. The van der Waals surface area contributed by atoms with Gasteiger partial charge >= 0.3 is 0 Å². The van der Waals surface area contributed by atoms with Crippen LogP contribution in [0.25, 0.3) is 0 Å². The fourth-order valence-corrected chi connectivity index (χ4v) is 2.84. The van der Waals surface area contributed by atoms with Crippen LogP contribution in [-0.4, -0.2) is 24.5 Å². The summed E-state index contributed by atoms with van der Waals surface area (Å²) in [5, 5.41) is 8.86. The summed E-state index contributed by atoms with van der Waals surface area (Å²) in [5.74, 6) is -1.32. The number of nitrogens with one attached hydrogen (secondary N) is 3. The van der Waals surface area contributed by atoms with E-state index in [0.29, 0.717) is 5.69 Å². The van der Waals surface area contributed by atoms with E-state index in [1.165, 1.54) is 6.26 Å². The number of carbonyl (C=O) groups is 2. The van der Waals surface area contributed by atoms with Crippen LogP contribution in [0.2, 0.25) is 0 Å². The highest BCUT2D eigenvalue weighted by Crippen LogP contribution is 2.15. The van der Waals surface area contributed by atoms with Crippen molar-refractivity contribution in [2.45, 2.75) is 13.1 Å². The molecule has 1 aromatic heterocycles. The molecule has 2 unspecified atom stereocenters. The molecule has 5 N–H and O–H groups in total. The third-order valence-electron chi connectivity index (χ3n) is 4.44. The summed E-state index contributed by atoms with van der Waals surface area (Å²) in [6.45, 7) is 2.00. The summed E-state index contributed by atoms with van der Waals surface area (Å²) in [6, 6.07) is 19.9. The Hall–Kier alpha value is -3.58. The van der Waals surface area contributed by atoms with E-state index >= 15 is 0 Å². The second kappa shape index (κ2) is 9.57. The van der Waals surface area contributed by atoms with E-state index in [-0.39, 0.29) is 18.2 Å². The van der Waals surface area contributed by atoms with Crippen molar-refractivity contribution in [3.05, 3.63) is 84.3 Å². The number of carbonyl (C=O) groups excluding carboxylic acids is 2. The van der Waals surface area contributed by atoms with Crippen LogP contribution in [0, 0.1) is 12.8 Å². The Morgan fingerprint density at radius 3 is 2.31 bits per heavy atom. The van der Waals surface area contributed by atoms with Crippen LogP contribution in [-0.2, 0) is 4.79 Å². The zero-order chi connectivity index (χ0) is 20.6. The second-order valence-electron chi connectivity index (χ2n) is 6.64. The normalized spacial score (nSPS) is 12.6. The summed E-state index contributed by atoms with van der Waals surface area (Å²) in [4.78, 5) is 25.5. The molecule has 0 spiro atoms. The molecule has 0 bridgehead atoms. The first kappa shape index (κ1) is 20.2. The van der Waals surface area contributed by atoms with Gasteiger partial charge in [0.15, 0.2) is 5.76 Å². The van der Waals surface area contributed by atoms with E-state index in [4.69, 9.17) is 10.2 Å². The first-order valence-corrected chi connectivity index (χ1v) is 9.30. The van der Waals surface area contributed by atoms with Gasteiger partial charge in [0.05, 0.1) is 12.2 Å². The van der Waals surface area contributed by atoms with Gasteiger partial charge in [-0.3, -0.25) is 9.59 Å². The lowest BCUT2D eigenvalue weighted by atomic mass is 10.0. The first-order chi connectivity index (χ1) is 14.1. The molecule has 2 amide bonds. The van der Waals surface area contributed by atoms with Crippen LogP contribution in [0.15, 0.2) is 77.4 Å². The van der Waals surface area contributed by atoms with Crippen LogP contribution in [0.5, 0.6) is 0 Å². The quantitative estimate of drug-likeness (QED) is 0.441. The van der Waals surface area contributed by atoms with Crippen molar-refractivity contribution in [3.63, 3.8) is 0 Å². The van der Waals surface area contributed by atoms with Crippen molar-refractivity contribution in [2.75, 3.05) is 17.2 Å². The standard InChI is InChI=1S/C22H24N4O3/c1-15-9-11-17(12-10-15)25-21(27)18(14-23)20(24-16-6-3-2-4-7-16)26-22(28)19-8-5-13-29-19/h2-13,18,20,24H,14,23H2,1H3,(H,25,27)(H,26,28). The highest BCUT2D eigenvalue weighted by Gasteiger charge is 2.29. The van der Waals surface area contributed by atoms with Gasteiger partial charge in [-0.2, -0.15) is 0 Å². The summed E-state index contributed by atoms with van der Waals surface area (Å²) >= 11 is 0. The van der Waals surface area contributed by atoms with Gasteiger partial charge < -0.3 is 26.1 Å². The molecule has 2 aromatic carbocycles. The van der Waals surface area contributed by atoms with Crippen LogP contribution in [0.3, 0.4) is 0 Å². The number of amides is 2. The van der Waals surface area contributed by atoms with E-state index in [2.05, 4.69) is 16.0 Å². The number of nitrogens with two attached hydrogens (primary N) is 1. The zero-order valence-electron chi connectivity index (χ0n) is 16.1. The third kappa shape index (κ3) is 5.46. The molecule has 7 heteroatoms. The molecule has 0 aliphatic heterocycles. The lowest BCUT2D eigenvalue weighted by molar-refractivity contribution is -0.120. The summed E-state index contributed by atoms with van der Waals surface area (Å²) in [7, 11) is 0. The molecule has 0 radical (unpaired) electrons. The molecular weight excluding hydrogens is 368 g/mol. The largest absolute Gasteiger partial charge is 0.459 e. The van der Waals surface area contributed by atoms with Gasteiger partial charge in [0.1, 0.15) is 6.17 Å². The molecule has 0 aliphatic rings. The van der Waals surface area contributed by atoms with Gasteiger partial charge in [0, 0.05) is 17.9 Å². The maximum atomic E-state index is 12.9. The number of furan rings is 1. The summed E-state index contributed by atoms with van der Waals surface area (Å²) < 4.78 is 5.16. The fraction of sp³-hybridized carbons (Fsp3) is 0.182. The number of rotatable bonds is 8. The van der Waals surface area contributed by atoms with Crippen LogP contribution < -0.4 is 21.7 Å². The average molecular weight is 392 g/mol. The minimum Gasteiger partial charge on any atom is -0.459 e. The predicted molar refractivity (Wildman–Crippen MR) is 112 cm³/mol. The van der Waals surface area contributed by atoms with Gasteiger partial charge in [-0.1, -0.05) is 35.9 Å². The lowest BCUT2D eigenvalue weighted by Crippen LogP contribution is -2.52. The molecule has 2 atom stereocenters. The number of hydrogen-bond acceptors (Lipinski definition) is 5. The van der Waals surface area contributed by atoms with Gasteiger partial charge in [-0.15, -0.1) is 0 Å². The summed E-state index contributed by atoms with van der Waals surface area (Å²) in [5.41, 5.74) is 8.43. The molecule has 3 aromatic rings. The Kier molecular flexibility index (Phi) is 6.65. The Balaban J connectivity index is 1.79. The molecule has 3 rings (SSSR count). The molecule has 0 fully saturated rings. The minimum absolute atomic E-state index is 0.0284.